The Kier molecular flexibility index (Phi) is 2.52. The summed E-state index contributed by atoms with van der Waals surface area (Å²) >= 11 is 0. The lowest BCUT2D eigenvalue weighted by Gasteiger charge is -2.22. The smallest absolute Gasteiger partial charge is 0.0589 e. The van der Waals surface area contributed by atoms with E-state index in [1.807, 2.05) is 58.8 Å². The molecule has 1 N–H and O–H groups in total. The Balaban J connectivity index is 1.78. The number of hydrogen-bond donors (Lipinski definition) is 1. The molecule has 84 valence electrons. The van der Waals surface area contributed by atoms with Gasteiger partial charge in [-0.2, -0.15) is 0 Å². The minimum Gasteiger partial charge on any atom is -0.265 e. The number of anilines is 2. The summed E-state index contributed by atoms with van der Waals surface area (Å²) in [5.41, 5.74) is 5.51. The van der Waals surface area contributed by atoms with Gasteiger partial charge in [0.15, 0.2) is 0 Å². The van der Waals surface area contributed by atoms with Gasteiger partial charge in [0, 0.05) is 12.4 Å². The second kappa shape index (κ2) is 4.31. The van der Waals surface area contributed by atoms with Gasteiger partial charge in [-0.15, -0.1) is 5.53 Å². The van der Waals surface area contributed by atoms with E-state index < -0.39 is 0 Å². The molecule has 0 radical (unpaired) electrons. The molecule has 0 saturated carbocycles. The summed E-state index contributed by atoms with van der Waals surface area (Å²) < 4.78 is 0. The molecule has 0 fully saturated rings. The summed E-state index contributed by atoms with van der Waals surface area (Å²) in [4.78, 5) is 0. The maximum absolute atomic E-state index is 3.28. The van der Waals surface area contributed by atoms with Crippen molar-refractivity contribution in [1.82, 2.24) is 5.53 Å². The summed E-state index contributed by atoms with van der Waals surface area (Å²) in [5.74, 6) is 0. The van der Waals surface area contributed by atoms with Crippen LogP contribution in [0.4, 0.5) is 11.4 Å². The fraction of sp³-hybridized carbons (Fsp3) is 0. The monoisotopic (exact) mass is 223 g/mol. The van der Waals surface area contributed by atoms with Crippen LogP contribution in [-0.4, -0.2) is 0 Å². The molecule has 1 aliphatic heterocycles. The fourth-order valence-corrected chi connectivity index (χ4v) is 1.78. The molecule has 0 aliphatic carbocycles. The van der Waals surface area contributed by atoms with Gasteiger partial charge in [0.25, 0.3) is 0 Å². The van der Waals surface area contributed by atoms with Crippen LogP contribution in [-0.2, 0) is 0 Å². The Bertz CT molecular complexity index is 460. The van der Waals surface area contributed by atoms with Gasteiger partial charge < -0.3 is 0 Å². The van der Waals surface area contributed by atoms with Crippen molar-refractivity contribution >= 4 is 11.4 Å². The standard InChI is InChI=1S/C14H13N3/c1-3-7-13(8-4-1)16-11-12-17(15-16)14-9-5-2-6-10-14/h1-12,15H. The van der Waals surface area contributed by atoms with Crippen molar-refractivity contribution in [2.45, 2.75) is 0 Å². The number of nitrogens with one attached hydrogen (secondary N) is 1. The predicted molar refractivity (Wildman–Crippen MR) is 70.1 cm³/mol. The van der Waals surface area contributed by atoms with E-state index in [1.165, 1.54) is 0 Å². The summed E-state index contributed by atoms with van der Waals surface area (Å²) in [6, 6.07) is 20.4. The van der Waals surface area contributed by atoms with Crippen molar-refractivity contribution in [3.05, 3.63) is 73.1 Å². The highest BCUT2D eigenvalue weighted by molar-refractivity contribution is 5.55. The van der Waals surface area contributed by atoms with Gasteiger partial charge in [-0.25, -0.2) is 0 Å². The molecule has 2 aromatic rings. The molecule has 3 heteroatoms. The molecule has 2 aromatic carbocycles. The van der Waals surface area contributed by atoms with Gasteiger partial charge in [0.1, 0.15) is 0 Å². The van der Waals surface area contributed by atoms with E-state index in [9.17, 15) is 0 Å². The summed E-state index contributed by atoms with van der Waals surface area (Å²) in [6.07, 6.45) is 4.00. The van der Waals surface area contributed by atoms with E-state index in [-0.39, 0.29) is 0 Å². The third kappa shape index (κ3) is 2.00. The Morgan fingerprint density at radius 1 is 0.588 bits per heavy atom. The third-order valence-electron chi connectivity index (χ3n) is 2.65. The molecular formula is C14H13N3. The van der Waals surface area contributed by atoms with Gasteiger partial charge in [-0.1, -0.05) is 36.4 Å². The van der Waals surface area contributed by atoms with Gasteiger partial charge in [0.05, 0.1) is 11.4 Å². The second-order valence-corrected chi connectivity index (χ2v) is 3.81. The predicted octanol–water partition coefficient (Wildman–Crippen LogP) is 2.90. The van der Waals surface area contributed by atoms with Crippen LogP contribution < -0.4 is 15.6 Å². The molecule has 3 nitrogen and oxygen atoms in total. The average molecular weight is 223 g/mol. The minimum absolute atomic E-state index is 1.11. The highest BCUT2D eigenvalue weighted by atomic mass is 15.8. The Hall–Kier alpha value is -2.26. The van der Waals surface area contributed by atoms with Crippen molar-refractivity contribution in [1.29, 1.82) is 0 Å². The van der Waals surface area contributed by atoms with Crippen molar-refractivity contribution < 1.29 is 0 Å². The number of para-hydroxylation sites is 2. The first-order chi connectivity index (χ1) is 8.43. The normalized spacial score (nSPS) is 14.4. The van der Waals surface area contributed by atoms with E-state index in [2.05, 4.69) is 29.8 Å². The highest BCUT2D eigenvalue weighted by Gasteiger charge is 2.13. The molecule has 0 bridgehead atoms. The molecule has 0 unspecified atom stereocenters. The average Bonchev–Trinajstić information content (AvgIpc) is 2.90. The van der Waals surface area contributed by atoms with Crippen molar-refractivity contribution in [2.24, 2.45) is 0 Å². The minimum atomic E-state index is 1.11. The molecule has 1 heterocycles. The van der Waals surface area contributed by atoms with Gasteiger partial charge in [-0.05, 0) is 24.3 Å². The molecule has 0 amide bonds. The molecule has 0 aromatic heterocycles. The zero-order valence-corrected chi connectivity index (χ0v) is 9.32. The third-order valence-corrected chi connectivity index (χ3v) is 2.65. The Morgan fingerprint density at radius 3 is 1.41 bits per heavy atom. The number of rotatable bonds is 2. The first kappa shape index (κ1) is 9.93. The van der Waals surface area contributed by atoms with Gasteiger partial charge in [-0.3, -0.25) is 10.0 Å². The van der Waals surface area contributed by atoms with Gasteiger partial charge in [0.2, 0.25) is 0 Å². The summed E-state index contributed by atoms with van der Waals surface area (Å²) in [5, 5.41) is 3.96. The number of benzene rings is 2. The maximum Gasteiger partial charge on any atom is 0.0589 e. The molecule has 3 rings (SSSR count). The van der Waals surface area contributed by atoms with E-state index in [1.54, 1.807) is 0 Å². The molecule has 0 atom stereocenters. The molecule has 0 saturated heterocycles. The molecule has 1 aliphatic rings. The zero-order valence-electron chi connectivity index (χ0n) is 9.32. The van der Waals surface area contributed by atoms with Crippen LogP contribution in [0.2, 0.25) is 0 Å². The molecule has 17 heavy (non-hydrogen) atoms. The second-order valence-electron chi connectivity index (χ2n) is 3.81. The number of hydrogen-bond acceptors (Lipinski definition) is 3. The van der Waals surface area contributed by atoms with E-state index in [0.717, 1.165) is 11.4 Å². The van der Waals surface area contributed by atoms with Crippen LogP contribution in [0.15, 0.2) is 73.1 Å². The topological polar surface area (TPSA) is 18.5 Å². The van der Waals surface area contributed by atoms with Gasteiger partial charge >= 0.3 is 0 Å². The Morgan fingerprint density at radius 2 is 1.00 bits per heavy atom. The quantitative estimate of drug-likeness (QED) is 0.844. The zero-order chi connectivity index (χ0) is 11.5. The van der Waals surface area contributed by atoms with Crippen LogP contribution >= 0.6 is 0 Å². The van der Waals surface area contributed by atoms with Crippen LogP contribution in [0.5, 0.6) is 0 Å². The van der Waals surface area contributed by atoms with Crippen molar-refractivity contribution in [3.63, 3.8) is 0 Å². The van der Waals surface area contributed by atoms with Crippen molar-refractivity contribution in [2.75, 3.05) is 10.0 Å². The summed E-state index contributed by atoms with van der Waals surface area (Å²) in [6.45, 7) is 0. The van der Waals surface area contributed by atoms with Crippen molar-refractivity contribution in [3.8, 4) is 0 Å². The SMILES string of the molecule is C1=CN(c2ccccc2)NN1c1ccccc1. The lowest BCUT2D eigenvalue weighted by molar-refractivity contribution is 0.755. The first-order valence-corrected chi connectivity index (χ1v) is 5.57. The summed E-state index contributed by atoms with van der Waals surface area (Å²) in [7, 11) is 0. The van der Waals surface area contributed by atoms with Crippen LogP contribution in [0.25, 0.3) is 0 Å². The molecule has 0 spiro atoms. The van der Waals surface area contributed by atoms with Crippen LogP contribution in [0.1, 0.15) is 0 Å². The lowest BCUT2D eigenvalue weighted by atomic mass is 10.3. The van der Waals surface area contributed by atoms with Crippen LogP contribution in [0.3, 0.4) is 0 Å². The fourth-order valence-electron chi connectivity index (χ4n) is 1.78. The largest absolute Gasteiger partial charge is 0.265 e. The lowest BCUT2D eigenvalue weighted by Crippen LogP contribution is -2.39. The highest BCUT2D eigenvalue weighted by Crippen LogP contribution is 2.19. The number of nitrogens with zero attached hydrogens (tertiary/aromatic N) is 2. The van der Waals surface area contributed by atoms with E-state index in [0.29, 0.717) is 0 Å². The first-order valence-electron chi connectivity index (χ1n) is 5.57. The Labute approximate surface area is 101 Å². The number of hydrazine groups is 2. The molecular weight excluding hydrogens is 210 g/mol. The maximum atomic E-state index is 3.28. The van der Waals surface area contributed by atoms with Crippen LogP contribution in [0, 0.1) is 0 Å². The van der Waals surface area contributed by atoms with E-state index in [4.69, 9.17) is 0 Å². The van der Waals surface area contributed by atoms with E-state index >= 15 is 0 Å².